The summed E-state index contributed by atoms with van der Waals surface area (Å²) in [4.78, 5) is 0. The van der Waals surface area contributed by atoms with Crippen molar-refractivity contribution in [3.05, 3.63) is 48.0 Å². The summed E-state index contributed by atoms with van der Waals surface area (Å²) in [6, 6.07) is 10.8. The SMILES string of the molecule is C/C=C/[C@@](C)(CCCCC)c1ccccc1. The third kappa shape index (κ3) is 3.52. The summed E-state index contributed by atoms with van der Waals surface area (Å²) >= 11 is 0. The predicted molar refractivity (Wildman–Crippen MR) is 72.8 cm³/mol. The van der Waals surface area contributed by atoms with Gasteiger partial charge in [-0.05, 0) is 18.9 Å². The zero-order valence-corrected chi connectivity index (χ0v) is 10.9. The second kappa shape index (κ2) is 6.52. The molecule has 88 valence electrons. The highest BCUT2D eigenvalue weighted by Crippen LogP contribution is 2.31. The first-order valence-electron chi connectivity index (χ1n) is 6.42. The maximum absolute atomic E-state index is 2.35. The molecule has 0 spiro atoms. The van der Waals surface area contributed by atoms with E-state index in [0.717, 1.165) is 0 Å². The minimum atomic E-state index is 0.213. The monoisotopic (exact) mass is 216 g/mol. The predicted octanol–water partition coefficient (Wildman–Crippen LogP) is 5.10. The maximum atomic E-state index is 2.35. The molecule has 0 aliphatic carbocycles. The number of benzene rings is 1. The van der Waals surface area contributed by atoms with E-state index in [4.69, 9.17) is 0 Å². The summed E-state index contributed by atoms with van der Waals surface area (Å²) in [5, 5.41) is 0. The lowest BCUT2D eigenvalue weighted by Gasteiger charge is -2.26. The van der Waals surface area contributed by atoms with E-state index in [1.807, 2.05) is 0 Å². The topological polar surface area (TPSA) is 0 Å². The highest BCUT2D eigenvalue weighted by molar-refractivity contribution is 5.29. The molecule has 0 saturated heterocycles. The number of hydrogen-bond acceptors (Lipinski definition) is 0. The first-order valence-corrected chi connectivity index (χ1v) is 6.42. The molecule has 0 saturated carbocycles. The van der Waals surface area contributed by atoms with Crippen molar-refractivity contribution < 1.29 is 0 Å². The summed E-state index contributed by atoms with van der Waals surface area (Å²) < 4.78 is 0. The first-order chi connectivity index (χ1) is 7.73. The van der Waals surface area contributed by atoms with Gasteiger partial charge in [0.25, 0.3) is 0 Å². The Labute approximate surface area is 100 Å². The van der Waals surface area contributed by atoms with Crippen molar-refractivity contribution in [1.29, 1.82) is 0 Å². The summed E-state index contributed by atoms with van der Waals surface area (Å²) in [6.07, 6.45) is 9.71. The average molecular weight is 216 g/mol. The molecule has 0 fully saturated rings. The largest absolute Gasteiger partial charge is 0.0908 e. The lowest BCUT2D eigenvalue weighted by molar-refractivity contribution is 0.498. The Morgan fingerprint density at radius 3 is 2.38 bits per heavy atom. The van der Waals surface area contributed by atoms with Crippen LogP contribution < -0.4 is 0 Å². The van der Waals surface area contributed by atoms with Gasteiger partial charge in [0.15, 0.2) is 0 Å². The zero-order chi connectivity index (χ0) is 11.9. The molecule has 0 radical (unpaired) electrons. The van der Waals surface area contributed by atoms with Crippen LogP contribution in [-0.2, 0) is 5.41 Å². The summed E-state index contributed by atoms with van der Waals surface area (Å²) in [6.45, 7) is 6.72. The molecule has 0 N–H and O–H groups in total. The Hall–Kier alpha value is -1.04. The van der Waals surface area contributed by atoms with Crippen LogP contribution in [0.5, 0.6) is 0 Å². The fourth-order valence-corrected chi connectivity index (χ4v) is 2.25. The Morgan fingerprint density at radius 2 is 1.81 bits per heavy atom. The molecule has 1 atom stereocenters. The minimum Gasteiger partial charge on any atom is -0.0908 e. The number of hydrogen-bond donors (Lipinski definition) is 0. The lowest BCUT2D eigenvalue weighted by atomic mass is 9.78. The van der Waals surface area contributed by atoms with E-state index in [1.54, 1.807) is 0 Å². The second-order valence-corrected chi connectivity index (χ2v) is 4.74. The van der Waals surface area contributed by atoms with Gasteiger partial charge in [-0.15, -0.1) is 0 Å². The third-order valence-corrected chi connectivity index (χ3v) is 3.27. The Kier molecular flexibility index (Phi) is 5.31. The van der Waals surface area contributed by atoms with Crippen LogP contribution in [-0.4, -0.2) is 0 Å². The molecule has 0 aromatic heterocycles. The van der Waals surface area contributed by atoms with Gasteiger partial charge in [0.05, 0.1) is 0 Å². The van der Waals surface area contributed by atoms with E-state index in [-0.39, 0.29) is 5.41 Å². The molecular weight excluding hydrogens is 192 g/mol. The summed E-state index contributed by atoms with van der Waals surface area (Å²) in [5.74, 6) is 0. The van der Waals surface area contributed by atoms with Crippen molar-refractivity contribution >= 4 is 0 Å². The smallest absolute Gasteiger partial charge is 0.0103 e. The standard InChI is InChI=1S/C16H24/c1-4-6-10-14-16(3,13-5-2)15-11-8-7-9-12-15/h5,7-9,11-13H,4,6,10,14H2,1-3H3/b13-5+/t16-/m0/s1. The molecule has 16 heavy (non-hydrogen) atoms. The van der Waals surface area contributed by atoms with Crippen LogP contribution in [0.15, 0.2) is 42.5 Å². The first kappa shape index (κ1) is 13.0. The van der Waals surface area contributed by atoms with Crippen LogP contribution in [0, 0.1) is 0 Å². The highest BCUT2D eigenvalue weighted by atomic mass is 14.3. The van der Waals surface area contributed by atoms with E-state index in [2.05, 4.69) is 63.3 Å². The molecular formula is C16H24. The molecule has 0 amide bonds. The number of rotatable bonds is 6. The zero-order valence-electron chi connectivity index (χ0n) is 10.9. The molecule has 1 rings (SSSR count). The molecule has 0 unspecified atom stereocenters. The normalized spacial score (nSPS) is 15.2. The molecule has 0 heterocycles. The Balaban J connectivity index is 2.80. The van der Waals surface area contributed by atoms with E-state index in [9.17, 15) is 0 Å². The van der Waals surface area contributed by atoms with Gasteiger partial charge in [0.1, 0.15) is 0 Å². The second-order valence-electron chi connectivity index (χ2n) is 4.74. The highest BCUT2D eigenvalue weighted by Gasteiger charge is 2.21. The van der Waals surface area contributed by atoms with Crippen LogP contribution in [0.25, 0.3) is 0 Å². The minimum absolute atomic E-state index is 0.213. The van der Waals surface area contributed by atoms with Gasteiger partial charge in [-0.1, -0.05) is 75.6 Å². The lowest BCUT2D eigenvalue weighted by Crippen LogP contribution is -2.18. The van der Waals surface area contributed by atoms with Crippen molar-refractivity contribution in [3.8, 4) is 0 Å². The van der Waals surface area contributed by atoms with E-state index < -0.39 is 0 Å². The Bertz CT molecular complexity index is 310. The Morgan fingerprint density at radius 1 is 1.12 bits per heavy atom. The van der Waals surface area contributed by atoms with Crippen molar-refractivity contribution in [3.63, 3.8) is 0 Å². The van der Waals surface area contributed by atoms with Crippen molar-refractivity contribution in [2.24, 2.45) is 0 Å². The van der Waals surface area contributed by atoms with Crippen molar-refractivity contribution in [1.82, 2.24) is 0 Å². The molecule has 1 aromatic rings. The average Bonchev–Trinajstić information content (AvgIpc) is 2.31. The summed E-state index contributed by atoms with van der Waals surface area (Å²) in [7, 11) is 0. The summed E-state index contributed by atoms with van der Waals surface area (Å²) in [5.41, 5.74) is 1.65. The van der Waals surface area contributed by atoms with Crippen molar-refractivity contribution in [2.75, 3.05) is 0 Å². The van der Waals surface area contributed by atoms with E-state index in [0.29, 0.717) is 0 Å². The van der Waals surface area contributed by atoms with Gasteiger partial charge in [-0.3, -0.25) is 0 Å². The molecule has 0 heteroatoms. The van der Waals surface area contributed by atoms with Crippen LogP contribution in [0.2, 0.25) is 0 Å². The van der Waals surface area contributed by atoms with E-state index in [1.165, 1.54) is 31.2 Å². The van der Waals surface area contributed by atoms with Gasteiger partial charge in [0, 0.05) is 5.41 Å². The van der Waals surface area contributed by atoms with Crippen LogP contribution in [0.1, 0.15) is 52.0 Å². The van der Waals surface area contributed by atoms with Gasteiger partial charge in [0.2, 0.25) is 0 Å². The molecule has 0 aliphatic heterocycles. The van der Waals surface area contributed by atoms with E-state index >= 15 is 0 Å². The molecule has 0 nitrogen and oxygen atoms in total. The fourth-order valence-electron chi connectivity index (χ4n) is 2.25. The number of allylic oxidation sites excluding steroid dienone is 2. The molecule has 0 aliphatic rings. The quantitative estimate of drug-likeness (QED) is 0.458. The van der Waals surface area contributed by atoms with Crippen LogP contribution in [0.4, 0.5) is 0 Å². The fraction of sp³-hybridized carbons (Fsp3) is 0.500. The maximum Gasteiger partial charge on any atom is 0.0103 e. The van der Waals surface area contributed by atoms with Gasteiger partial charge >= 0.3 is 0 Å². The molecule has 1 aromatic carbocycles. The van der Waals surface area contributed by atoms with Crippen LogP contribution >= 0.6 is 0 Å². The van der Waals surface area contributed by atoms with Gasteiger partial charge in [-0.2, -0.15) is 0 Å². The van der Waals surface area contributed by atoms with Gasteiger partial charge < -0.3 is 0 Å². The number of unbranched alkanes of at least 4 members (excludes halogenated alkanes) is 2. The van der Waals surface area contributed by atoms with Crippen molar-refractivity contribution in [2.45, 2.75) is 51.9 Å². The molecule has 0 bridgehead atoms. The van der Waals surface area contributed by atoms with Gasteiger partial charge in [-0.25, -0.2) is 0 Å². The third-order valence-electron chi connectivity index (χ3n) is 3.27. The van der Waals surface area contributed by atoms with Crippen LogP contribution in [0.3, 0.4) is 0 Å².